The van der Waals surface area contributed by atoms with Crippen molar-refractivity contribution < 1.29 is 19.4 Å². The summed E-state index contributed by atoms with van der Waals surface area (Å²) in [4.78, 5) is 29.1. The largest absolute Gasteiger partial charge is 0.481 e. The summed E-state index contributed by atoms with van der Waals surface area (Å²) in [7, 11) is 0. The number of carboxylic acids is 1. The third-order valence-corrected chi connectivity index (χ3v) is 4.60. The molecule has 2 aromatic rings. The molecule has 0 aliphatic carbocycles. The average molecular weight is 369 g/mol. The van der Waals surface area contributed by atoms with Gasteiger partial charge in [-0.2, -0.15) is 0 Å². The van der Waals surface area contributed by atoms with Gasteiger partial charge in [-0.3, -0.25) is 4.79 Å². The van der Waals surface area contributed by atoms with Crippen LogP contribution in [0.2, 0.25) is 0 Å². The van der Waals surface area contributed by atoms with Gasteiger partial charge in [-0.05, 0) is 24.5 Å². The van der Waals surface area contributed by atoms with Crippen LogP contribution in [0.4, 0.5) is 10.5 Å². The monoisotopic (exact) mass is 369 g/mol. The third-order valence-electron chi connectivity index (χ3n) is 4.60. The molecule has 1 saturated heterocycles. The fourth-order valence-electron chi connectivity index (χ4n) is 2.99. The van der Waals surface area contributed by atoms with Crippen molar-refractivity contribution in [3.05, 3.63) is 54.2 Å². The van der Waals surface area contributed by atoms with E-state index in [1.165, 1.54) is 5.56 Å². The molecular formula is C20H23N3O4. The van der Waals surface area contributed by atoms with Crippen molar-refractivity contribution >= 4 is 17.7 Å². The number of carboxylic acid groups (broad SMARTS) is 1. The number of rotatable bonds is 6. The van der Waals surface area contributed by atoms with E-state index in [1.807, 2.05) is 18.2 Å². The van der Waals surface area contributed by atoms with Gasteiger partial charge in [-0.25, -0.2) is 9.78 Å². The van der Waals surface area contributed by atoms with Gasteiger partial charge in [0.2, 0.25) is 5.88 Å². The molecular weight excluding hydrogens is 346 g/mol. The van der Waals surface area contributed by atoms with Crippen molar-refractivity contribution in [2.24, 2.45) is 5.92 Å². The second-order valence-corrected chi connectivity index (χ2v) is 6.50. The lowest BCUT2D eigenvalue weighted by molar-refractivity contribution is -0.143. The number of carbonyl (C=O) groups excluding carboxylic acids is 1. The van der Waals surface area contributed by atoms with Crippen molar-refractivity contribution in [2.45, 2.75) is 19.3 Å². The van der Waals surface area contributed by atoms with Gasteiger partial charge in [0.15, 0.2) is 0 Å². The summed E-state index contributed by atoms with van der Waals surface area (Å²) in [5.74, 6) is -0.642. The maximum Gasteiger partial charge on any atom is 0.321 e. The molecule has 1 aliphatic rings. The number of carbonyl (C=O) groups is 2. The van der Waals surface area contributed by atoms with Gasteiger partial charge >= 0.3 is 12.0 Å². The zero-order valence-electron chi connectivity index (χ0n) is 15.0. The van der Waals surface area contributed by atoms with Crippen molar-refractivity contribution in [1.29, 1.82) is 0 Å². The van der Waals surface area contributed by atoms with Crippen molar-refractivity contribution in [2.75, 3.05) is 25.0 Å². The summed E-state index contributed by atoms with van der Waals surface area (Å²) in [6.07, 6.45) is 3.32. The van der Waals surface area contributed by atoms with E-state index < -0.39 is 5.97 Å². The Hall–Kier alpha value is -3.09. The molecule has 1 aliphatic heterocycles. The van der Waals surface area contributed by atoms with Crippen LogP contribution in [0, 0.1) is 5.92 Å². The molecule has 0 spiro atoms. The number of piperidine rings is 1. The second kappa shape index (κ2) is 9.02. The normalized spacial score (nSPS) is 14.6. The summed E-state index contributed by atoms with van der Waals surface area (Å²) >= 11 is 0. The van der Waals surface area contributed by atoms with Crippen molar-refractivity contribution in [1.82, 2.24) is 9.88 Å². The Labute approximate surface area is 158 Å². The van der Waals surface area contributed by atoms with Crippen LogP contribution in [0.3, 0.4) is 0 Å². The predicted octanol–water partition coefficient (Wildman–Crippen LogP) is 3.03. The summed E-state index contributed by atoms with van der Waals surface area (Å²) in [6, 6.07) is 13.3. The molecule has 7 heteroatoms. The molecule has 142 valence electrons. The number of urea groups is 1. The number of hydrogen-bond donors (Lipinski definition) is 2. The first-order chi connectivity index (χ1) is 13.1. The van der Waals surface area contributed by atoms with Gasteiger partial charge in [0.25, 0.3) is 0 Å². The molecule has 0 radical (unpaired) electrons. The van der Waals surface area contributed by atoms with Crippen LogP contribution in [-0.4, -0.2) is 46.7 Å². The van der Waals surface area contributed by atoms with Crippen LogP contribution < -0.4 is 10.1 Å². The SMILES string of the molecule is O=C(O)C1CCN(C(=O)Nc2ccc(OCCc3ccccc3)nc2)CC1. The quantitative estimate of drug-likeness (QED) is 0.817. The van der Waals surface area contributed by atoms with Crippen molar-refractivity contribution in [3.8, 4) is 5.88 Å². The lowest BCUT2D eigenvalue weighted by Gasteiger charge is -2.30. The molecule has 3 rings (SSSR count). The first kappa shape index (κ1) is 18.7. The average Bonchev–Trinajstić information content (AvgIpc) is 2.70. The molecule has 7 nitrogen and oxygen atoms in total. The molecule has 0 unspecified atom stereocenters. The zero-order valence-corrected chi connectivity index (χ0v) is 15.0. The van der Waals surface area contributed by atoms with E-state index in [0.29, 0.717) is 44.1 Å². The predicted molar refractivity (Wildman–Crippen MR) is 101 cm³/mol. The molecule has 27 heavy (non-hydrogen) atoms. The van der Waals surface area contributed by atoms with Gasteiger partial charge in [-0.1, -0.05) is 30.3 Å². The standard InChI is InChI=1S/C20H23N3O4/c24-19(25)16-8-11-23(12-9-16)20(26)22-17-6-7-18(21-14-17)27-13-10-15-4-2-1-3-5-15/h1-7,14,16H,8-13H2,(H,22,26)(H,24,25). The van der Waals surface area contributed by atoms with Gasteiger partial charge in [0.1, 0.15) is 0 Å². The lowest BCUT2D eigenvalue weighted by Crippen LogP contribution is -2.42. The number of likely N-dealkylation sites (tertiary alicyclic amines) is 1. The van der Waals surface area contributed by atoms with E-state index in [-0.39, 0.29) is 11.9 Å². The first-order valence-electron chi connectivity index (χ1n) is 9.03. The number of hydrogen-bond acceptors (Lipinski definition) is 4. The highest BCUT2D eigenvalue weighted by molar-refractivity contribution is 5.89. The Morgan fingerprint density at radius 3 is 2.52 bits per heavy atom. The maximum atomic E-state index is 12.3. The van der Waals surface area contributed by atoms with E-state index >= 15 is 0 Å². The van der Waals surface area contributed by atoms with Crippen LogP contribution in [0.5, 0.6) is 5.88 Å². The van der Waals surface area contributed by atoms with E-state index in [2.05, 4.69) is 22.4 Å². The van der Waals surface area contributed by atoms with Gasteiger partial charge in [0, 0.05) is 25.6 Å². The van der Waals surface area contributed by atoms with Crippen LogP contribution >= 0.6 is 0 Å². The Kier molecular flexibility index (Phi) is 6.25. The minimum atomic E-state index is -0.790. The number of anilines is 1. The number of nitrogens with one attached hydrogen (secondary N) is 1. The molecule has 2 N–H and O–H groups in total. The van der Waals surface area contributed by atoms with E-state index in [1.54, 1.807) is 23.2 Å². The molecule has 1 fully saturated rings. The number of nitrogens with zero attached hydrogens (tertiary/aromatic N) is 2. The molecule has 0 saturated carbocycles. The van der Waals surface area contributed by atoms with Crippen molar-refractivity contribution in [3.63, 3.8) is 0 Å². The molecule has 0 bridgehead atoms. The van der Waals surface area contributed by atoms with Gasteiger partial charge in [-0.15, -0.1) is 0 Å². The second-order valence-electron chi connectivity index (χ2n) is 6.50. The minimum absolute atomic E-state index is 0.238. The van der Waals surface area contributed by atoms with Crippen LogP contribution in [-0.2, 0) is 11.2 Å². The molecule has 2 amide bonds. The van der Waals surface area contributed by atoms with E-state index in [4.69, 9.17) is 9.84 Å². The summed E-state index contributed by atoms with van der Waals surface area (Å²) < 4.78 is 5.63. The van der Waals surface area contributed by atoms with Crippen LogP contribution in [0.1, 0.15) is 18.4 Å². The molecule has 1 aromatic heterocycles. The summed E-state index contributed by atoms with van der Waals surface area (Å²) in [5.41, 5.74) is 1.78. The van der Waals surface area contributed by atoms with E-state index in [9.17, 15) is 9.59 Å². The number of ether oxygens (including phenoxy) is 1. The molecule has 0 atom stereocenters. The highest BCUT2D eigenvalue weighted by Gasteiger charge is 2.26. The lowest BCUT2D eigenvalue weighted by atomic mass is 9.97. The number of aromatic nitrogens is 1. The van der Waals surface area contributed by atoms with Crippen LogP contribution in [0.25, 0.3) is 0 Å². The van der Waals surface area contributed by atoms with Gasteiger partial charge < -0.3 is 20.1 Å². The summed E-state index contributed by atoms with van der Waals surface area (Å²) in [5, 5.41) is 11.8. The highest BCUT2D eigenvalue weighted by Crippen LogP contribution is 2.19. The molecule has 1 aromatic carbocycles. The van der Waals surface area contributed by atoms with E-state index in [0.717, 1.165) is 6.42 Å². The Morgan fingerprint density at radius 2 is 1.89 bits per heavy atom. The minimum Gasteiger partial charge on any atom is -0.481 e. The fraction of sp³-hybridized carbons (Fsp3) is 0.350. The fourth-order valence-corrected chi connectivity index (χ4v) is 2.99. The third kappa shape index (κ3) is 5.44. The highest BCUT2D eigenvalue weighted by atomic mass is 16.5. The number of benzene rings is 1. The summed E-state index contributed by atoms with van der Waals surface area (Å²) in [6.45, 7) is 1.41. The Morgan fingerprint density at radius 1 is 1.15 bits per heavy atom. The smallest absolute Gasteiger partial charge is 0.321 e. The maximum absolute atomic E-state index is 12.3. The van der Waals surface area contributed by atoms with Gasteiger partial charge in [0.05, 0.1) is 24.4 Å². The number of pyridine rings is 1. The number of amides is 2. The zero-order chi connectivity index (χ0) is 19.1. The Balaban J connectivity index is 1.43. The Bertz CT molecular complexity index is 757. The first-order valence-corrected chi connectivity index (χ1v) is 9.03. The molecule has 2 heterocycles. The van der Waals surface area contributed by atoms with Crippen LogP contribution in [0.15, 0.2) is 48.7 Å². The number of aliphatic carboxylic acids is 1. The topological polar surface area (TPSA) is 91.8 Å².